The van der Waals surface area contributed by atoms with Crippen molar-refractivity contribution < 1.29 is 9.53 Å². The van der Waals surface area contributed by atoms with Crippen molar-refractivity contribution in [2.24, 2.45) is 0 Å². The van der Waals surface area contributed by atoms with Gasteiger partial charge in [0, 0.05) is 23.6 Å². The van der Waals surface area contributed by atoms with Gasteiger partial charge >= 0.3 is 5.97 Å². The largest absolute Gasteiger partial charge is 0.465 e. The van der Waals surface area contributed by atoms with Crippen LogP contribution in [0.25, 0.3) is 0 Å². The van der Waals surface area contributed by atoms with E-state index in [9.17, 15) is 4.79 Å². The van der Waals surface area contributed by atoms with Crippen molar-refractivity contribution in [3.63, 3.8) is 0 Å². The van der Waals surface area contributed by atoms with Gasteiger partial charge in [0.25, 0.3) is 0 Å². The summed E-state index contributed by atoms with van der Waals surface area (Å²) in [7, 11) is 1.32. The number of benzene rings is 1. The Balaban J connectivity index is 2.92. The molecule has 0 saturated carbocycles. The van der Waals surface area contributed by atoms with Gasteiger partial charge < -0.3 is 10.5 Å². The van der Waals surface area contributed by atoms with E-state index in [1.807, 2.05) is 0 Å². The first-order valence-corrected chi connectivity index (χ1v) is 5.25. The molecule has 16 heavy (non-hydrogen) atoms. The summed E-state index contributed by atoms with van der Waals surface area (Å²) in [6, 6.07) is 4.98. The molecule has 0 unspecified atom stereocenters. The van der Waals surface area contributed by atoms with Gasteiger partial charge in [-0.05, 0) is 18.2 Å². The summed E-state index contributed by atoms with van der Waals surface area (Å²) in [6.45, 7) is 0. The van der Waals surface area contributed by atoms with Gasteiger partial charge in [0.15, 0.2) is 0 Å². The van der Waals surface area contributed by atoms with E-state index in [0.717, 1.165) is 5.56 Å². The molecule has 3 nitrogen and oxygen atoms in total. The van der Waals surface area contributed by atoms with Gasteiger partial charge in [-0.15, -0.1) is 11.6 Å². The predicted octanol–water partition coefficient (Wildman–Crippen LogP) is 2.04. The number of esters is 1. The van der Waals surface area contributed by atoms with Gasteiger partial charge in [-0.25, -0.2) is 4.79 Å². The van der Waals surface area contributed by atoms with Crippen LogP contribution in [0, 0.1) is 11.8 Å². The van der Waals surface area contributed by atoms with Gasteiger partial charge in [-0.1, -0.05) is 11.8 Å². The highest BCUT2D eigenvalue weighted by Gasteiger charge is 2.09. The van der Waals surface area contributed by atoms with Crippen LogP contribution in [0.15, 0.2) is 18.2 Å². The third kappa shape index (κ3) is 3.18. The molecular weight excluding hydrogens is 226 g/mol. The number of methoxy groups -OCH3 is 1. The number of anilines is 1. The third-order valence-corrected chi connectivity index (χ3v) is 2.10. The van der Waals surface area contributed by atoms with Crippen molar-refractivity contribution in [3.8, 4) is 11.8 Å². The molecule has 4 heteroatoms. The van der Waals surface area contributed by atoms with Crippen LogP contribution in [-0.4, -0.2) is 19.0 Å². The van der Waals surface area contributed by atoms with Crippen LogP contribution in [-0.2, 0) is 4.74 Å². The molecule has 0 atom stereocenters. The molecule has 0 amide bonds. The number of carbonyl (C=O) groups excluding carboxylic acids is 1. The Morgan fingerprint density at radius 1 is 1.56 bits per heavy atom. The van der Waals surface area contributed by atoms with Gasteiger partial charge in [0.2, 0.25) is 0 Å². The summed E-state index contributed by atoms with van der Waals surface area (Å²) in [4.78, 5) is 11.3. The summed E-state index contributed by atoms with van der Waals surface area (Å²) >= 11 is 5.50. The van der Waals surface area contributed by atoms with Gasteiger partial charge in [0.05, 0.1) is 12.7 Å². The van der Waals surface area contributed by atoms with E-state index in [4.69, 9.17) is 17.3 Å². The molecule has 0 aliphatic rings. The minimum Gasteiger partial charge on any atom is -0.465 e. The molecular formula is C12H12ClNO2. The smallest absolute Gasteiger partial charge is 0.339 e. The second kappa shape index (κ2) is 6.04. The normalized spacial score (nSPS) is 9.12. The molecule has 0 fully saturated rings. The molecule has 0 aliphatic carbocycles. The fraction of sp³-hybridized carbons (Fsp3) is 0.250. The van der Waals surface area contributed by atoms with Gasteiger partial charge in [-0.2, -0.15) is 0 Å². The Morgan fingerprint density at radius 2 is 2.31 bits per heavy atom. The number of halogens is 1. The van der Waals surface area contributed by atoms with E-state index in [1.165, 1.54) is 7.11 Å². The van der Waals surface area contributed by atoms with Crippen molar-refractivity contribution in [3.05, 3.63) is 29.3 Å². The topological polar surface area (TPSA) is 52.3 Å². The molecule has 0 saturated heterocycles. The highest BCUT2D eigenvalue weighted by atomic mass is 35.5. The Morgan fingerprint density at radius 3 is 2.88 bits per heavy atom. The number of nitrogens with two attached hydrogens (primary N) is 1. The number of carbonyl (C=O) groups is 1. The maximum Gasteiger partial charge on any atom is 0.339 e. The first-order chi connectivity index (χ1) is 7.69. The number of ether oxygens (including phenoxy) is 1. The van der Waals surface area contributed by atoms with Gasteiger partial charge in [-0.3, -0.25) is 0 Å². The summed E-state index contributed by atoms with van der Waals surface area (Å²) in [5, 5.41) is 0. The zero-order valence-corrected chi connectivity index (χ0v) is 9.67. The van der Waals surface area contributed by atoms with E-state index < -0.39 is 5.97 Å². The second-order valence-electron chi connectivity index (χ2n) is 3.03. The van der Waals surface area contributed by atoms with Crippen LogP contribution in [0.2, 0.25) is 0 Å². The zero-order chi connectivity index (χ0) is 12.0. The van der Waals surface area contributed by atoms with Crippen LogP contribution in [0.1, 0.15) is 22.3 Å². The molecule has 1 rings (SSSR count). The lowest BCUT2D eigenvalue weighted by atomic mass is 10.1. The molecule has 0 radical (unpaired) electrons. The van der Waals surface area contributed by atoms with E-state index in [1.54, 1.807) is 18.2 Å². The standard InChI is InChI=1S/C12H12ClNO2/c1-16-12(15)10-6-5-9(8-11(10)14)4-2-3-7-13/h5-6,8H,3,7,14H2,1H3. The fourth-order valence-corrected chi connectivity index (χ4v) is 1.24. The van der Waals surface area contributed by atoms with Crippen molar-refractivity contribution in [2.45, 2.75) is 6.42 Å². The van der Waals surface area contributed by atoms with Crippen LogP contribution in [0.5, 0.6) is 0 Å². The van der Waals surface area contributed by atoms with Crippen LogP contribution in [0.3, 0.4) is 0 Å². The maximum absolute atomic E-state index is 11.3. The molecule has 0 aliphatic heterocycles. The lowest BCUT2D eigenvalue weighted by Crippen LogP contribution is -2.05. The fourth-order valence-electron chi connectivity index (χ4n) is 1.15. The van der Waals surface area contributed by atoms with E-state index in [2.05, 4.69) is 16.6 Å². The highest BCUT2D eigenvalue weighted by molar-refractivity contribution is 6.18. The quantitative estimate of drug-likeness (QED) is 0.371. The summed E-state index contributed by atoms with van der Waals surface area (Å²) in [5.41, 5.74) is 7.18. The predicted molar refractivity (Wildman–Crippen MR) is 64.4 cm³/mol. The molecule has 0 heterocycles. The Bertz CT molecular complexity index is 446. The molecule has 0 bridgehead atoms. The molecule has 0 spiro atoms. The number of alkyl halides is 1. The molecule has 84 valence electrons. The monoisotopic (exact) mass is 237 g/mol. The SMILES string of the molecule is COC(=O)c1ccc(C#CCCCl)cc1N. The van der Waals surface area contributed by atoms with E-state index in [-0.39, 0.29) is 0 Å². The van der Waals surface area contributed by atoms with Crippen molar-refractivity contribution >= 4 is 23.3 Å². The number of rotatable bonds is 2. The average Bonchev–Trinajstić information content (AvgIpc) is 2.29. The van der Waals surface area contributed by atoms with Crippen LogP contribution >= 0.6 is 11.6 Å². The molecule has 1 aromatic rings. The third-order valence-electron chi connectivity index (χ3n) is 1.91. The first-order valence-electron chi connectivity index (χ1n) is 4.71. The van der Waals surface area contributed by atoms with E-state index >= 15 is 0 Å². The van der Waals surface area contributed by atoms with Crippen molar-refractivity contribution in [2.75, 3.05) is 18.7 Å². The Kier molecular flexibility index (Phi) is 4.68. The summed E-state index contributed by atoms with van der Waals surface area (Å²) < 4.78 is 4.58. The van der Waals surface area contributed by atoms with Crippen LogP contribution in [0.4, 0.5) is 5.69 Å². The summed E-state index contributed by atoms with van der Waals surface area (Å²) in [5.74, 6) is 5.85. The van der Waals surface area contributed by atoms with Crippen molar-refractivity contribution in [1.29, 1.82) is 0 Å². The summed E-state index contributed by atoms with van der Waals surface area (Å²) in [6.07, 6.45) is 0.625. The Hall–Kier alpha value is -1.66. The lowest BCUT2D eigenvalue weighted by molar-refractivity contribution is 0.0602. The minimum atomic E-state index is -0.447. The van der Waals surface area contributed by atoms with Crippen molar-refractivity contribution in [1.82, 2.24) is 0 Å². The average molecular weight is 238 g/mol. The maximum atomic E-state index is 11.3. The molecule has 1 aromatic carbocycles. The Labute approximate surface area is 99.5 Å². The van der Waals surface area contributed by atoms with E-state index in [0.29, 0.717) is 23.6 Å². The lowest BCUT2D eigenvalue weighted by Gasteiger charge is -2.03. The number of hydrogen-bond donors (Lipinski definition) is 1. The van der Waals surface area contributed by atoms with Crippen LogP contribution < -0.4 is 5.73 Å². The minimum absolute atomic E-state index is 0.352. The number of hydrogen-bond acceptors (Lipinski definition) is 3. The zero-order valence-electron chi connectivity index (χ0n) is 8.92. The second-order valence-corrected chi connectivity index (χ2v) is 3.41. The first kappa shape index (κ1) is 12.4. The number of nitrogen functional groups attached to an aromatic ring is 1. The molecule has 0 aromatic heterocycles. The van der Waals surface area contributed by atoms with Gasteiger partial charge in [0.1, 0.15) is 0 Å². The highest BCUT2D eigenvalue weighted by Crippen LogP contribution is 2.14. The molecule has 2 N–H and O–H groups in total.